The Morgan fingerprint density at radius 2 is 1.63 bits per heavy atom. The fraction of sp³-hybridized carbons (Fsp3) is 0.222. The number of likely N-dealkylation sites (tertiary alicyclic amines) is 1. The summed E-state index contributed by atoms with van der Waals surface area (Å²) in [4.78, 5) is 14.1. The summed E-state index contributed by atoms with van der Waals surface area (Å²) in [6, 6.07) is 15.3. The van der Waals surface area contributed by atoms with Crippen molar-refractivity contribution in [3.8, 4) is 22.3 Å². The highest BCUT2D eigenvalue weighted by Crippen LogP contribution is 2.37. The molecule has 3 aromatic carbocycles. The number of nitrogens with zero attached hydrogens (tertiary/aromatic N) is 1. The van der Waals surface area contributed by atoms with Gasteiger partial charge < -0.3 is 15.1 Å². The van der Waals surface area contributed by atoms with Gasteiger partial charge in [0.25, 0.3) is 11.8 Å². The van der Waals surface area contributed by atoms with Gasteiger partial charge in [0.05, 0.1) is 6.54 Å². The molecule has 4 nitrogen and oxygen atoms in total. The van der Waals surface area contributed by atoms with Gasteiger partial charge in [-0.15, -0.1) is 0 Å². The quantitative estimate of drug-likeness (QED) is 0.344. The fourth-order valence-corrected chi connectivity index (χ4v) is 4.41. The van der Waals surface area contributed by atoms with Gasteiger partial charge in [-0.1, -0.05) is 18.2 Å². The van der Waals surface area contributed by atoms with E-state index in [1.54, 1.807) is 30.3 Å². The van der Waals surface area contributed by atoms with E-state index in [1.807, 2.05) is 0 Å². The highest BCUT2D eigenvalue weighted by Gasteiger charge is 2.35. The Balaban J connectivity index is 1.52. The van der Waals surface area contributed by atoms with Crippen LogP contribution >= 0.6 is 0 Å². The molecule has 1 aliphatic heterocycles. The molecule has 1 fully saturated rings. The van der Waals surface area contributed by atoms with Gasteiger partial charge in [0, 0.05) is 48.0 Å². The number of nitrogens with two attached hydrogens (primary N) is 1. The number of furan rings is 1. The second kappa shape index (κ2) is 8.85. The van der Waals surface area contributed by atoms with Crippen molar-refractivity contribution in [3.63, 3.8) is 0 Å². The molecule has 0 radical (unpaired) electrons. The number of carbonyl (C=O) groups is 1. The standard InChI is InChI=1S/C27H22F4N2O2/c28-20-4-1-16(2-5-20)23-13-18(11-19-12-21(15-32)35-25(19)23)22-6-3-17(14-24(22)29)26(34)33-9-7-27(30,31)8-10-33/h1-6,11-14H,7-10,15,32H2. The monoisotopic (exact) mass is 482 g/mol. The third-order valence-corrected chi connectivity index (χ3v) is 6.33. The van der Waals surface area contributed by atoms with E-state index < -0.39 is 30.5 Å². The van der Waals surface area contributed by atoms with Crippen molar-refractivity contribution in [2.24, 2.45) is 5.73 Å². The lowest BCUT2D eigenvalue weighted by Gasteiger charge is -2.31. The molecule has 8 heteroatoms. The molecule has 0 aliphatic carbocycles. The third kappa shape index (κ3) is 4.53. The molecule has 0 unspecified atom stereocenters. The first-order valence-electron chi connectivity index (χ1n) is 11.2. The average Bonchev–Trinajstić information content (AvgIpc) is 3.27. The second-order valence-corrected chi connectivity index (χ2v) is 8.71. The van der Waals surface area contributed by atoms with Crippen LogP contribution in [0.1, 0.15) is 29.0 Å². The van der Waals surface area contributed by atoms with E-state index in [0.29, 0.717) is 33.4 Å². The summed E-state index contributed by atoms with van der Waals surface area (Å²) in [6.45, 7) is 0.0359. The van der Waals surface area contributed by atoms with E-state index in [-0.39, 0.29) is 36.6 Å². The lowest BCUT2D eigenvalue weighted by atomic mass is 9.95. The van der Waals surface area contributed by atoms with E-state index in [4.69, 9.17) is 10.2 Å². The number of halogens is 4. The van der Waals surface area contributed by atoms with Crippen LogP contribution in [-0.2, 0) is 6.54 Å². The number of fused-ring (bicyclic) bond motifs is 1. The Morgan fingerprint density at radius 1 is 0.914 bits per heavy atom. The molecule has 0 bridgehead atoms. The van der Waals surface area contributed by atoms with Gasteiger partial charge in [0.2, 0.25) is 0 Å². The van der Waals surface area contributed by atoms with Gasteiger partial charge in [-0.25, -0.2) is 17.6 Å². The largest absolute Gasteiger partial charge is 0.459 e. The molecule has 1 aliphatic rings. The van der Waals surface area contributed by atoms with E-state index >= 15 is 4.39 Å². The zero-order chi connectivity index (χ0) is 24.7. The number of hydrogen-bond acceptors (Lipinski definition) is 3. The topological polar surface area (TPSA) is 59.5 Å². The van der Waals surface area contributed by atoms with Crippen molar-refractivity contribution in [1.29, 1.82) is 0 Å². The van der Waals surface area contributed by atoms with Crippen LogP contribution in [-0.4, -0.2) is 29.8 Å². The van der Waals surface area contributed by atoms with Gasteiger partial charge >= 0.3 is 0 Å². The van der Waals surface area contributed by atoms with E-state index in [1.165, 1.54) is 29.2 Å². The zero-order valence-electron chi connectivity index (χ0n) is 18.7. The number of amides is 1. The minimum atomic E-state index is -2.77. The van der Waals surface area contributed by atoms with E-state index in [2.05, 4.69) is 0 Å². The summed E-state index contributed by atoms with van der Waals surface area (Å²) in [7, 11) is 0. The van der Waals surface area contributed by atoms with Crippen molar-refractivity contribution < 1.29 is 26.8 Å². The van der Waals surface area contributed by atoms with Gasteiger partial charge in [-0.3, -0.25) is 4.79 Å². The molecule has 1 aromatic heterocycles. The van der Waals surface area contributed by atoms with Crippen molar-refractivity contribution in [3.05, 3.63) is 83.6 Å². The summed E-state index contributed by atoms with van der Waals surface area (Å²) in [5, 5.41) is 0.705. The first kappa shape index (κ1) is 23.1. The molecule has 2 N–H and O–H groups in total. The van der Waals surface area contributed by atoms with Crippen LogP contribution < -0.4 is 5.73 Å². The summed E-state index contributed by atoms with van der Waals surface area (Å²) in [5.74, 6) is -3.70. The SMILES string of the molecule is NCc1cc2cc(-c3ccc(C(=O)N4CCC(F)(F)CC4)cc3F)cc(-c3ccc(F)cc3)c2o1. The Morgan fingerprint density at radius 3 is 2.29 bits per heavy atom. The maximum absolute atomic E-state index is 15.3. The number of rotatable bonds is 4. The summed E-state index contributed by atoms with van der Waals surface area (Å²) in [5.41, 5.74) is 8.51. The van der Waals surface area contributed by atoms with Crippen LogP contribution in [0.5, 0.6) is 0 Å². The molecule has 0 saturated carbocycles. The molecule has 35 heavy (non-hydrogen) atoms. The normalized spacial score (nSPS) is 15.5. The van der Waals surface area contributed by atoms with Gasteiger partial charge in [0.1, 0.15) is 23.0 Å². The molecular formula is C27H22F4N2O2. The first-order chi connectivity index (χ1) is 16.7. The Labute approximate surface area is 198 Å². The maximum atomic E-state index is 15.3. The Kier molecular flexibility index (Phi) is 5.84. The molecular weight excluding hydrogens is 460 g/mol. The molecule has 1 saturated heterocycles. The molecule has 4 aromatic rings. The summed E-state index contributed by atoms with van der Waals surface area (Å²) >= 11 is 0. The summed E-state index contributed by atoms with van der Waals surface area (Å²) < 4.78 is 61.5. The molecule has 2 heterocycles. The zero-order valence-corrected chi connectivity index (χ0v) is 18.7. The number of alkyl halides is 2. The van der Waals surface area contributed by atoms with E-state index in [0.717, 1.165) is 6.07 Å². The Hall–Kier alpha value is -3.65. The van der Waals surface area contributed by atoms with Gasteiger partial charge in [0.15, 0.2) is 0 Å². The molecule has 1 amide bonds. The number of piperidine rings is 1. The number of carbonyl (C=O) groups excluding carboxylic acids is 1. The molecule has 0 spiro atoms. The van der Waals surface area contributed by atoms with Gasteiger partial charge in [-0.05, 0) is 53.6 Å². The average molecular weight is 482 g/mol. The maximum Gasteiger partial charge on any atom is 0.253 e. The Bertz CT molecular complexity index is 1400. The third-order valence-electron chi connectivity index (χ3n) is 6.33. The van der Waals surface area contributed by atoms with Crippen molar-refractivity contribution in [2.45, 2.75) is 25.3 Å². The highest BCUT2D eigenvalue weighted by atomic mass is 19.3. The second-order valence-electron chi connectivity index (χ2n) is 8.71. The highest BCUT2D eigenvalue weighted by molar-refractivity contribution is 5.98. The lowest BCUT2D eigenvalue weighted by Crippen LogP contribution is -2.42. The smallest absolute Gasteiger partial charge is 0.253 e. The molecule has 180 valence electrons. The van der Waals surface area contributed by atoms with Crippen molar-refractivity contribution in [1.82, 2.24) is 4.90 Å². The van der Waals surface area contributed by atoms with E-state index in [9.17, 15) is 18.0 Å². The van der Waals surface area contributed by atoms with Crippen molar-refractivity contribution >= 4 is 16.9 Å². The van der Waals surface area contributed by atoms with Crippen LogP contribution in [0.3, 0.4) is 0 Å². The van der Waals surface area contributed by atoms with Crippen LogP contribution in [0.15, 0.2) is 65.1 Å². The molecule has 0 atom stereocenters. The lowest BCUT2D eigenvalue weighted by molar-refractivity contribution is -0.0494. The first-order valence-corrected chi connectivity index (χ1v) is 11.2. The predicted octanol–water partition coefficient (Wildman–Crippen LogP) is 6.38. The van der Waals surface area contributed by atoms with Crippen LogP contribution in [0.4, 0.5) is 17.6 Å². The van der Waals surface area contributed by atoms with Gasteiger partial charge in [-0.2, -0.15) is 0 Å². The number of benzene rings is 3. The fourth-order valence-electron chi connectivity index (χ4n) is 4.41. The molecule has 5 rings (SSSR count). The minimum Gasteiger partial charge on any atom is -0.459 e. The minimum absolute atomic E-state index is 0.0726. The number of hydrogen-bond donors (Lipinski definition) is 1. The summed E-state index contributed by atoms with van der Waals surface area (Å²) in [6.07, 6.45) is -0.804. The predicted molar refractivity (Wildman–Crippen MR) is 125 cm³/mol. The van der Waals surface area contributed by atoms with Crippen LogP contribution in [0.2, 0.25) is 0 Å². The van der Waals surface area contributed by atoms with Crippen LogP contribution in [0.25, 0.3) is 33.2 Å². The van der Waals surface area contributed by atoms with Crippen molar-refractivity contribution in [2.75, 3.05) is 13.1 Å². The van der Waals surface area contributed by atoms with Crippen LogP contribution in [0, 0.1) is 11.6 Å².